The van der Waals surface area contributed by atoms with Crippen LogP contribution in [0.4, 0.5) is 0 Å². The molecule has 0 bridgehead atoms. The molecular weight excluding hydrogens is 222 g/mol. The van der Waals surface area contributed by atoms with Crippen molar-refractivity contribution in [3.05, 3.63) is 41.6 Å². The largest absolute Gasteiger partial charge is 0.271 e. The van der Waals surface area contributed by atoms with Crippen molar-refractivity contribution in [3.8, 4) is 0 Å². The van der Waals surface area contributed by atoms with Crippen LogP contribution in [0.5, 0.6) is 0 Å². The van der Waals surface area contributed by atoms with Gasteiger partial charge in [-0.25, -0.2) is 0 Å². The van der Waals surface area contributed by atoms with Gasteiger partial charge in [0.15, 0.2) is 0 Å². The number of nitrogens with two attached hydrogens (primary N) is 1. The minimum Gasteiger partial charge on any atom is -0.271 e. The number of hydrazine groups is 1. The molecule has 0 aliphatic rings. The van der Waals surface area contributed by atoms with Crippen molar-refractivity contribution in [2.24, 2.45) is 11.8 Å². The average molecular weight is 243 g/mol. The van der Waals surface area contributed by atoms with Crippen molar-refractivity contribution in [1.82, 2.24) is 10.4 Å². The Morgan fingerprint density at radius 1 is 1.28 bits per heavy atom. The number of nitrogens with one attached hydrogen (secondary N) is 1. The van der Waals surface area contributed by atoms with E-state index in [1.807, 2.05) is 12.1 Å². The lowest BCUT2D eigenvalue weighted by Crippen LogP contribution is -2.29. The molecule has 0 radical (unpaired) electrons. The first-order valence-electron chi connectivity index (χ1n) is 6.44. The van der Waals surface area contributed by atoms with Gasteiger partial charge in [0.2, 0.25) is 0 Å². The Balaban J connectivity index is 2.44. The van der Waals surface area contributed by atoms with Gasteiger partial charge in [-0.3, -0.25) is 16.3 Å². The number of para-hydroxylation sites is 1. The monoisotopic (exact) mass is 243 g/mol. The molecule has 2 aromatic rings. The van der Waals surface area contributed by atoms with Crippen LogP contribution in [0, 0.1) is 12.8 Å². The number of pyridine rings is 1. The first-order valence-corrected chi connectivity index (χ1v) is 6.44. The second kappa shape index (κ2) is 5.46. The number of hydrogen-bond acceptors (Lipinski definition) is 3. The highest BCUT2D eigenvalue weighted by molar-refractivity contribution is 5.82. The first-order chi connectivity index (χ1) is 8.61. The molecule has 2 rings (SSSR count). The lowest BCUT2D eigenvalue weighted by molar-refractivity contribution is 0.431. The lowest BCUT2D eigenvalue weighted by atomic mass is 9.99. The van der Waals surface area contributed by atoms with Gasteiger partial charge < -0.3 is 0 Å². The fourth-order valence-corrected chi connectivity index (χ4v) is 2.30. The molecule has 96 valence electrons. The molecule has 3 nitrogen and oxygen atoms in total. The fourth-order valence-electron chi connectivity index (χ4n) is 2.30. The van der Waals surface area contributed by atoms with Crippen LogP contribution in [0.3, 0.4) is 0 Å². The van der Waals surface area contributed by atoms with Crippen LogP contribution in [0.1, 0.15) is 37.6 Å². The molecule has 1 aromatic heterocycles. The molecule has 0 spiro atoms. The number of fused-ring (bicyclic) bond motifs is 1. The van der Waals surface area contributed by atoms with Crippen LogP contribution < -0.4 is 11.3 Å². The normalized spacial score (nSPS) is 13.2. The van der Waals surface area contributed by atoms with Crippen molar-refractivity contribution in [2.75, 3.05) is 0 Å². The van der Waals surface area contributed by atoms with Crippen molar-refractivity contribution in [2.45, 2.75) is 33.2 Å². The number of aryl methyl sites for hydroxylation is 1. The molecule has 0 fully saturated rings. The second-order valence-electron chi connectivity index (χ2n) is 5.23. The van der Waals surface area contributed by atoms with Crippen LogP contribution in [0.2, 0.25) is 0 Å². The number of rotatable bonds is 4. The second-order valence-corrected chi connectivity index (χ2v) is 5.23. The third-order valence-electron chi connectivity index (χ3n) is 3.21. The van der Waals surface area contributed by atoms with Gasteiger partial charge in [-0.05, 0) is 37.0 Å². The summed E-state index contributed by atoms with van der Waals surface area (Å²) in [5, 5.41) is 1.21. The van der Waals surface area contributed by atoms with Crippen LogP contribution >= 0.6 is 0 Å². The van der Waals surface area contributed by atoms with E-state index < -0.39 is 0 Å². The zero-order chi connectivity index (χ0) is 13.1. The van der Waals surface area contributed by atoms with Gasteiger partial charge in [-0.1, -0.05) is 32.0 Å². The predicted octanol–water partition coefficient (Wildman–Crippen LogP) is 3.09. The van der Waals surface area contributed by atoms with E-state index in [1.165, 1.54) is 10.9 Å². The fraction of sp³-hybridized carbons (Fsp3) is 0.400. The molecule has 1 unspecified atom stereocenters. The zero-order valence-corrected chi connectivity index (χ0v) is 11.3. The van der Waals surface area contributed by atoms with E-state index in [0.29, 0.717) is 5.92 Å². The van der Waals surface area contributed by atoms with Crippen LogP contribution in [-0.4, -0.2) is 4.98 Å². The van der Waals surface area contributed by atoms with Crippen LogP contribution in [0.25, 0.3) is 10.9 Å². The quantitative estimate of drug-likeness (QED) is 0.641. The molecule has 0 amide bonds. The van der Waals surface area contributed by atoms with E-state index in [2.05, 4.69) is 44.4 Å². The van der Waals surface area contributed by atoms with Crippen molar-refractivity contribution in [1.29, 1.82) is 0 Å². The topological polar surface area (TPSA) is 50.9 Å². The van der Waals surface area contributed by atoms with Crippen LogP contribution in [0.15, 0.2) is 30.3 Å². The van der Waals surface area contributed by atoms with Crippen molar-refractivity contribution in [3.63, 3.8) is 0 Å². The summed E-state index contributed by atoms with van der Waals surface area (Å²) >= 11 is 0. The van der Waals surface area contributed by atoms with Crippen LogP contribution in [-0.2, 0) is 0 Å². The maximum atomic E-state index is 5.66. The maximum absolute atomic E-state index is 5.66. The van der Waals surface area contributed by atoms with E-state index in [9.17, 15) is 0 Å². The van der Waals surface area contributed by atoms with E-state index in [4.69, 9.17) is 10.8 Å². The Morgan fingerprint density at radius 2 is 2.00 bits per heavy atom. The van der Waals surface area contributed by atoms with Gasteiger partial charge in [0.25, 0.3) is 0 Å². The Hall–Kier alpha value is -1.45. The van der Waals surface area contributed by atoms with E-state index in [1.54, 1.807) is 0 Å². The molecular formula is C15H21N3. The molecule has 0 aliphatic heterocycles. The Kier molecular flexibility index (Phi) is 3.94. The summed E-state index contributed by atoms with van der Waals surface area (Å²) < 4.78 is 0. The van der Waals surface area contributed by atoms with Gasteiger partial charge >= 0.3 is 0 Å². The average Bonchev–Trinajstić information content (AvgIpc) is 2.35. The standard InChI is InChI=1S/C15H21N3/c1-10(2)8-15(18-16)14-9-11(3)12-6-4-5-7-13(12)17-14/h4-7,9-10,15,18H,8,16H2,1-3H3. The molecule has 3 heteroatoms. The Morgan fingerprint density at radius 3 is 2.67 bits per heavy atom. The van der Waals surface area contributed by atoms with E-state index in [-0.39, 0.29) is 6.04 Å². The number of hydrogen-bond donors (Lipinski definition) is 2. The highest BCUT2D eigenvalue weighted by atomic mass is 15.2. The summed E-state index contributed by atoms with van der Waals surface area (Å²) in [4.78, 5) is 4.72. The predicted molar refractivity (Wildman–Crippen MR) is 76.0 cm³/mol. The molecule has 1 aromatic carbocycles. The van der Waals surface area contributed by atoms with Gasteiger partial charge in [0, 0.05) is 5.39 Å². The SMILES string of the molecule is Cc1cc(C(CC(C)C)NN)nc2ccccc12. The summed E-state index contributed by atoms with van der Waals surface area (Å²) in [6.45, 7) is 6.51. The molecule has 0 saturated carbocycles. The molecule has 18 heavy (non-hydrogen) atoms. The highest BCUT2D eigenvalue weighted by Crippen LogP contribution is 2.24. The van der Waals surface area contributed by atoms with Crippen molar-refractivity contribution < 1.29 is 0 Å². The zero-order valence-electron chi connectivity index (χ0n) is 11.3. The summed E-state index contributed by atoms with van der Waals surface area (Å²) in [5.74, 6) is 6.24. The minimum atomic E-state index is 0.119. The molecule has 1 atom stereocenters. The highest BCUT2D eigenvalue weighted by Gasteiger charge is 2.14. The maximum Gasteiger partial charge on any atom is 0.0708 e. The van der Waals surface area contributed by atoms with Gasteiger partial charge in [-0.2, -0.15) is 0 Å². The number of nitrogens with zero attached hydrogens (tertiary/aromatic N) is 1. The Bertz CT molecular complexity index is 534. The number of benzene rings is 1. The summed E-state index contributed by atoms with van der Waals surface area (Å²) in [6, 6.07) is 10.5. The smallest absolute Gasteiger partial charge is 0.0708 e. The molecule has 1 heterocycles. The minimum absolute atomic E-state index is 0.119. The lowest BCUT2D eigenvalue weighted by Gasteiger charge is -2.18. The number of aromatic nitrogens is 1. The summed E-state index contributed by atoms with van der Waals surface area (Å²) in [6.07, 6.45) is 0.987. The van der Waals surface area contributed by atoms with Gasteiger partial charge in [0.1, 0.15) is 0 Å². The van der Waals surface area contributed by atoms with Gasteiger partial charge in [-0.15, -0.1) is 0 Å². The molecule has 3 N–H and O–H groups in total. The third-order valence-corrected chi connectivity index (χ3v) is 3.21. The molecule has 0 aliphatic carbocycles. The third kappa shape index (κ3) is 2.68. The van der Waals surface area contributed by atoms with E-state index in [0.717, 1.165) is 17.6 Å². The first kappa shape index (κ1) is 13.0. The summed E-state index contributed by atoms with van der Waals surface area (Å²) in [5.41, 5.74) is 6.20. The van der Waals surface area contributed by atoms with E-state index >= 15 is 0 Å². The molecule has 0 saturated heterocycles. The van der Waals surface area contributed by atoms with Crippen molar-refractivity contribution >= 4 is 10.9 Å². The summed E-state index contributed by atoms with van der Waals surface area (Å²) in [7, 11) is 0. The Labute approximate surface area is 108 Å². The van der Waals surface area contributed by atoms with Gasteiger partial charge in [0.05, 0.1) is 17.3 Å².